The van der Waals surface area contributed by atoms with Gasteiger partial charge in [-0.3, -0.25) is 9.69 Å². The molecule has 3 aliphatic rings. The fraction of sp³-hybridized carbons (Fsp3) is 0.515. The third-order valence-electron chi connectivity index (χ3n) is 8.56. The largest absolute Gasteiger partial charge is 0.474 e. The van der Waals surface area contributed by atoms with E-state index in [-0.39, 0.29) is 40.9 Å². The van der Waals surface area contributed by atoms with Gasteiger partial charge in [-0.05, 0) is 72.6 Å². The minimum Gasteiger partial charge on any atom is -0.474 e. The summed E-state index contributed by atoms with van der Waals surface area (Å²) in [7, 11) is 0. The number of carbonyl (C=O) groups excluding carboxylic acids is 2. The van der Waals surface area contributed by atoms with Gasteiger partial charge < -0.3 is 24.0 Å². The van der Waals surface area contributed by atoms with Gasteiger partial charge in [0.25, 0.3) is 5.91 Å². The number of rotatable bonds is 8. The number of nitrogens with zero attached hydrogens (tertiary/aromatic N) is 7. The lowest BCUT2D eigenvalue weighted by Gasteiger charge is -2.58. The standard InChI is InChI=1S/C33H40FN7O5/c1-7-41(20(2)3)30(42)23-10-21(34)8-9-26(23)45-27-13-35-18-37-28(27)40-16-33(17-40)11-22(12-33)44-29-24-14-39(15-25(24)36-19-38-29)31(43)46-32(4,5)6/h8-10,13,18-20,22H,7,11-12,14-17H2,1-6H3. The summed E-state index contributed by atoms with van der Waals surface area (Å²) in [6.07, 6.45) is 5.80. The van der Waals surface area contributed by atoms with Gasteiger partial charge in [-0.25, -0.2) is 29.1 Å². The summed E-state index contributed by atoms with van der Waals surface area (Å²) in [4.78, 5) is 48.7. The van der Waals surface area contributed by atoms with Crippen LogP contribution in [0.3, 0.4) is 0 Å². The number of anilines is 1. The van der Waals surface area contributed by atoms with Crippen LogP contribution in [-0.2, 0) is 17.8 Å². The van der Waals surface area contributed by atoms with E-state index in [9.17, 15) is 14.0 Å². The van der Waals surface area contributed by atoms with Crippen molar-refractivity contribution < 1.29 is 28.2 Å². The van der Waals surface area contributed by atoms with Crippen LogP contribution in [0.25, 0.3) is 0 Å². The number of hydrogen-bond donors (Lipinski definition) is 0. The molecule has 0 unspecified atom stereocenters. The predicted octanol–water partition coefficient (Wildman–Crippen LogP) is 5.37. The molecule has 12 nitrogen and oxygen atoms in total. The first-order valence-corrected chi connectivity index (χ1v) is 15.7. The van der Waals surface area contributed by atoms with E-state index in [0.717, 1.165) is 37.2 Å². The molecule has 2 fully saturated rings. The van der Waals surface area contributed by atoms with Gasteiger partial charge in [0, 0.05) is 31.1 Å². The monoisotopic (exact) mass is 633 g/mol. The van der Waals surface area contributed by atoms with Gasteiger partial charge in [0.1, 0.15) is 35.9 Å². The van der Waals surface area contributed by atoms with E-state index >= 15 is 0 Å². The molecule has 0 N–H and O–H groups in total. The molecule has 0 radical (unpaired) electrons. The smallest absolute Gasteiger partial charge is 0.410 e. The minimum atomic E-state index is -0.584. The van der Waals surface area contributed by atoms with Crippen LogP contribution in [0, 0.1) is 11.2 Å². The highest BCUT2D eigenvalue weighted by Crippen LogP contribution is 2.52. The molecule has 2 amide bonds. The molecule has 244 valence electrons. The fourth-order valence-corrected chi connectivity index (χ4v) is 6.42. The molecule has 46 heavy (non-hydrogen) atoms. The van der Waals surface area contributed by atoms with E-state index in [0.29, 0.717) is 37.1 Å². The number of amides is 2. The number of ether oxygens (including phenoxy) is 3. The number of aromatic nitrogens is 4. The normalized spacial score (nSPS) is 17.0. The Kier molecular flexibility index (Phi) is 8.20. The summed E-state index contributed by atoms with van der Waals surface area (Å²) in [6, 6.07) is 3.90. The van der Waals surface area contributed by atoms with E-state index in [1.807, 2.05) is 41.5 Å². The number of benzene rings is 1. The Balaban J connectivity index is 1.08. The third kappa shape index (κ3) is 6.27. The van der Waals surface area contributed by atoms with Crippen molar-refractivity contribution in [2.75, 3.05) is 24.5 Å². The summed E-state index contributed by atoms with van der Waals surface area (Å²) in [5.41, 5.74) is 1.23. The average Bonchev–Trinajstić information content (AvgIpc) is 3.40. The highest BCUT2D eigenvalue weighted by Gasteiger charge is 2.54. The van der Waals surface area contributed by atoms with Gasteiger partial charge in [-0.15, -0.1) is 0 Å². The quantitative estimate of drug-likeness (QED) is 0.320. The van der Waals surface area contributed by atoms with E-state index in [1.54, 1.807) is 16.0 Å². The van der Waals surface area contributed by atoms with Crippen LogP contribution in [0.2, 0.25) is 0 Å². The molecule has 1 spiro atoms. The number of fused-ring (bicyclic) bond motifs is 1. The fourth-order valence-electron chi connectivity index (χ4n) is 6.42. The molecular formula is C33H40FN7O5. The van der Waals surface area contributed by atoms with Gasteiger partial charge in [-0.1, -0.05) is 0 Å². The van der Waals surface area contributed by atoms with E-state index < -0.39 is 11.4 Å². The van der Waals surface area contributed by atoms with Gasteiger partial charge in [-0.2, -0.15) is 0 Å². The predicted molar refractivity (Wildman–Crippen MR) is 166 cm³/mol. The Bertz CT molecular complexity index is 1630. The van der Waals surface area contributed by atoms with E-state index in [1.165, 1.54) is 30.9 Å². The molecule has 1 aliphatic carbocycles. The van der Waals surface area contributed by atoms with Crippen molar-refractivity contribution >= 4 is 17.8 Å². The molecule has 1 aromatic carbocycles. The first kappa shape index (κ1) is 31.4. The molecule has 4 heterocycles. The molecule has 1 saturated heterocycles. The first-order valence-electron chi connectivity index (χ1n) is 15.7. The summed E-state index contributed by atoms with van der Waals surface area (Å²) in [6.45, 7) is 13.9. The molecular weight excluding hydrogens is 593 g/mol. The Morgan fingerprint density at radius 3 is 2.54 bits per heavy atom. The minimum absolute atomic E-state index is 0.00639. The Morgan fingerprint density at radius 1 is 1.09 bits per heavy atom. The topological polar surface area (TPSA) is 123 Å². The zero-order chi connectivity index (χ0) is 32.8. The van der Waals surface area contributed by atoms with Crippen molar-refractivity contribution in [2.45, 2.75) is 85.2 Å². The van der Waals surface area contributed by atoms with Crippen LogP contribution in [0.4, 0.5) is 15.0 Å². The lowest BCUT2D eigenvalue weighted by molar-refractivity contribution is -0.0370. The average molecular weight is 634 g/mol. The zero-order valence-corrected chi connectivity index (χ0v) is 27.1. The van der Waals surface area contributed by atoms with Gasteiger partial charge in [0.2, 0.25) is 5.88 Å². The molecule has 13 heteroatoms. The molecule has 3 aromatic rings. The Morgan fingerprint density at radius 2 is 1.85 bits per heavy atom. The second-order valence-corrected chi connectivity index (χ2v) is 13.6. The molecule has 6 rings (SSSR count). The summed E-state index contributed by atoms with van der Waals surface area (Å²) in [5, 5.41) is 0. The van der Waals surface area contributed by atoms with Crippen LogP contribution >= 0.6 is 0 Å². The number of hydrogen-bond acceptors (Lipinski definition) is 10. The van der Waals surface area contributed by atoms with E-state index in [4.69, 9.17) is 14.2 Å². The lowest BCUT2D eigenvalue weighted by Crippen LogP contribution is -2.65. The highest BCUT2D eigenvalue weighted by molar-refractivity contribution is 5.97. The highest BCUT2D eigenvalue weighted by atomic mass is 19.1. The van der Waals surface area contributed by atoms with Gasteiger partial charge in [0.05, 0.1) is 36.1 Å². The van der Waals surface area contributed by atoms with Gasteiger partial charge in [0.15, 0.2) is 11.6 Å². The van der Waals surface area contributed by atoms with Crippen molar-refractivity contribution in [3.8, 4) is 17.4 Å². The second kappa shape index (κ2) is 12.0. The number of halogens is 1. The lowest BCUT2D eigenvalue weighted by atomic mass is 9.61. The maximum atomic E-state index is 14.3. The second-order valence-electron chi connectivity index (χ2n) is 13.6. The maximum Gasteiger partial charge on any atom is 0.410 e. The van der Waals surface area contributed by atoms with Crippen molar-refractivity contribution in [3.05, 3.63) is 59.7 Å². The number of carbonyl (C=O) groups is 2. The van der Waals surface area contributed by atoms with E-state index in [2.05, 4.69) is 24.8 Å². The molecule has 0 atom stereocenters. The third-order valence-corrected chi connectivity index (χ3v) is 8.56. The van der Waals surface area contributed by atoms with Crippen LogP contribution < -0.4 is 14.4 Å². The van der Waals surface area contributed by atoms with Crippen LogP contribution in [0.15, 0.2) is 37.1 Å². The van der Waals surface area contributed by atoms with Crippen molar-refractivity contribution in [1.29, 1.82) is 0 Å². The van der Waals surface area contributed by atoms with Crippen molar-refractivity contribution in [3.63, 3.8) is 0 Å². The van der Waals surface area contributed by atoms with Crippen molar-refractivity contribution in [1.82, 2.24) is 29.7 Å². The van der Waals surface area contributed by atoms with Crippen LogP contribution in [-0.4, -0.2) is 79.1 Å². The molecule has 1 saturated carbocycles. The zero-order valence-electron chi connectivity index (χ0n) is 27.1. The molecule has 2 aliphatic heterocycles. The summed E-state index contributed by atoms with van der Waals surface area (Å²) in [5.74, 6) is 0.946. The van der Waals surface area contributed by atoms with Crippen molar-refractivity contribution in [2.24, 2.45) is 5.41 Å². The van der Waals surface area contributed by atoms with Crippen LogP contribution in [0.5, 0.6) is 17.4 Å². The summed E-state index contributed by atoms with van der Waals surface area (Å²) >= 11 is 0. The first-order chi connectivity index (χ1) is 21.8. The maximum absolute atomic E-state index is 14.3. The van der Waals surface area contributed by atoms with Gasteiger partial charge >= 0.3 is 6.09 Å². The Labute approximate surface area is 267 Å². The summed E-state index contributed by atoms with van der Waals surface area (Å²) < 4.78 is 32.3. The molecule has 0 bridgehead atoms. The van der Waals surface area contributed by atoms with Crippen LogP contribution in [0.1, 0.15) is 76.0 Å². The Hall–Kier alpha value is -4.55. The molecule has 2 aromatic heterocycles. The SMILES string of the molecule is CCN(C(=O)c1cc(F)ccc1Oc1cncnc1N1CC2(CC(Oc3ncnc4c3CN(C(=O)OC(C)(C)C)C4)C2)C1)C(C)C.